The predicted octanol–water partition coefficient (Wildman–Crippen LogP) is 7.11. The third kappa shape index (κ3) is 4.97. The molecule has 3 aromatic carbocycles. The molecule has 164 valence electrons. The van der Waals surface area contributed by atoms with Gasteiger partial charge >= 0.3 is 0 Å². The van der Waals surface area contributed by atoms with Gasteiger partial charge in [-0.1, -0.05) is 47.2 Å². The summed E-state index contributed by atoms with van der Waals surface area (Å²) >= 11 is 7.56. The molecule has 7 heteroatoms. The van der Waals surface area contributed by atoms with E-state index in [-0.39, 0.29) is 5.82 Å². The van der Waals surface area contributed by atoms with E-state index in [0.29, 0.717) is 0 Å². The second-order valence-electron chi connectivity index (χ2n) is 7.50. The van der Waals surface area contributed by atoms with Gasteiger partial charge in [-0.05, 0) is 66.6 Å². The van der Waals surface area contributed by atoms with E-state index in [4.69, 9.17) is 16.6 Å². The predicted molar refractivity (Wildman–Crippen MR) is 134 cm³/mol. The topological polar surface area (TPSA) is 42.7 Å². The van der Waals surface area contributed by atoms with Crippen LogP contribution in [0.2, 0.25) is 5.02 Å². The minimum absolute atomic E-state index is 0.258. The number of nitrogens with one attached hydrogen (secondary N) is 1. The minimum Gasteiger partial charge on any atom is -0.375 e. The van der Waals surface area contributed by atoms with E-state index in [1.165, 1.54) is 17.7 Å². The highest BCUT2D eigenvalue weighted by Crippen LogP contribution is 2.38. The Morgan fingerprint density at radius 3 is 2.33 bits per heavy atom. The number of aromatic nitrogens is 3. The van der Waals surface area contributed by atoms with Crippen molar-refractivity contribution in [3.63, 3.8) is 0 Å². The van der Waals surface area contributed by atoms with Crippen molar-refractivity contribution >= 4 is 27.9 Å². The van der Waals surface area contributed by atoms with Crippen molar-refractivity contribution in [1.82, 2.24) is 14.8 Å². The quantitative estimate of drug-likeness (QED) is 0.273. The van der Waals surface area contributed by atoms with Gasteiger partial charge in [-0.25, -0.2) is 14.1 Å². The number of rotatable bonds is 7. The highest BCUT2D eigenvalue weighted by atomic mass is 35.5. The molecule has 2 heterocycles. The first-order valence-corrected chi connectivity index (χ1v) is 11.7. The lowest BCUT2D eigenvalue weighted by Gasteiger charge is -2.08. The van der Waals surface area contributed by atoms with Gasteiger partial charge in [0.05, 0.1) is 5.69 Å². The molecule has 0 spiro atoms. The fraction of sp³-hybridized carbons (Fsp3) is 0.0769. The van der Waals surface area contributed by atoms with Crippen molar-refractivity contribution in [2.45, 2.75) is 6.42 Å². The summed E-state index contributed by atoms with van der Waals surface area (Å²) in [6.07, 6.45) is 4.53. The Morgan fingerprint density at radius 2 is 1.64 bits per heavy atom. The van der Waals surface area contributed by atoms with Gasteiger partial charge in [0.15, 0.2) is 0 Å². The van der Waals surface area contributed by atoms with Crippen molar-refractivity contribution in [1.29, 1.82) is 0 Å². The van der Waals surface area contributed by atoms with Gasteiger partial charge in [-0.15, -0.1) is 0 Å². The van der Waals surface area contributed by atoms with Gasteiger partial charge in [-0.2, -0.15) is 5.10 Å². The lowest BCUT2D eigenvalue weighted by atomic mass is 10.1. The van der Waals surface area contributed by atoms with Gasteiger partial charge in [0.1, 0.15) is 21.5 Å². The molecule has 0 saturated carbocycles. The molecular weight excluding hydrogens is 455 g/mol. The molecule has 0 bridgehead atoms. The van der Waals surface area contributed by atoms with E-state index < -0.39 is 0 Å². The van der Waals surface area contributed by atoms with Crippen LogP contribution in [0.3, 0.4) is 0 Å². The Kier molecular flexibility index (Phi) is 6.19. The van der Waals surface area contributed by atoms with Crippen LogP contribution in [0.25, 0.3) is 27.5 Å². The number of hydrogen-bond donors (Lipinski definition) is 1. The molecular formula is C26H20ClFN4S. The first kappa shape index (κ1) is 21.4. The SMILES string of the molecule is Fc1ccc(-c2nc(-c3ccc(-n4cccn4)cc3)c(NCCc3ccc(Cl)cc3)s2)cc1. The van der Waals surface area contributed by atoms with Crippen LogP contribution in [0, 0.1) is 5.82 Å². The molecule has 0 atom stereocenters. The number of hydrogen-bond acceptors (Lipinski definition) is 4. The third-order valence-corrected chi connectivity index (χ3v) is 6.55. The summed E-state index contributed by atoms with van der Waals surface area (Å²) in [5.74, 6) is -0.258. The lowest BCUT2D eigenvalue weighted by Crippen LogP contribution is -2.04. The number of nitrogens with zero attached hydrogens (tertiary/aromatic N) is 3. The summed E-state index contributed by atoms with van der Waals surface area (Å²) in [5, 5.41) is 10.4. The first-order valence-electron chi connectivity index (χ1n) is 10.5. The second kappa shape index (κ2) is 9.57. The summed E-state index contributed by atoms with van der Waals surface area (Å²) in [6, 6.07) is 24.4. The molecule has 2 aromatic heterocycles. The fourth-order valence-electron chi connectivity index (χ4n) is 3.52. The van der Waals surface area contributed by atoms with Gasteiger partial charge in [-0.3, -0.25) is 0 Å². The molecule has 0 unspecified atom stereocenters. The first-order chi connectivity index (χ1) is 16.2. The zero-order chi connectivity index (χ0) is 22.6. The summed E-state index contributed by atoms with van der Waals surface area (Å²) < 4.78 is 15.2. The lowest BCUT2D eigenvalue weighted by molar-refractivity contribution is 0.628. The molecule has 0 aliphatic carbocycles. The summed E-state index contributed by atoms with van der Waals surface area (Å²) in [4.78, 5) is 4.90. The van der Waals surface area contributed by atoms with Crippen molar-refractivity contribution in [3.05, 3.63) is 108 Å². The smallest absolute Gasteiger partial charge is 0.126 e. The average Bonchev–Trinajstić information content (AvgIpc) is 3.52. The standard InChI is InChI=1S/C26H20ClFN4S/c27-21-8-2-18(3-9-21)14-16-29-26-24(31-25(33-26)20-4-10-22(28)11-5-20)19-6-12-23(13-7-19)32-17-1-15-30-32/h1-13,15,17,29H,14,16H2. The van der Waals surface area contributed by atoms with Crippen molar-refractivity contribution in [2.75, 3.05) is 11.9 Å². The summed E-state index contributed by atoms with van der Waals surface area (Å²) in [7, 11) is 0. The van der Waals surface area contributed by atoms with E-state index in [1.807, 2.05) is 65.5 Å². The molecule has 5 aromatic rings. The molecule has 0 aliphatic rings. The van der Waals surface area contributed by atoms with E-state index in [0.717, 1.165) is 50.5 Å². The monoisotopic (exact) mass is 474 g/mol. The number of halogens is 2. The van der Waals surface area contributed by atoms with Gasteiger partial charge in [0.25, 0.3) is 0 Å². The molecule has 33 heavy (non-hydrogen) atoms. The molecule has 1 N–H and O–H groups in total. The maximum Gasteiger partial charge on any atom is 0.126 e. The fourth-order valence-corrected chi connectivity index (χ4v) is 4.66. The minimum atomic E-state index is -0.258. The molecule has 4 nitrogen and oxygen atoms in total. The van der Waals surface area contributed by atoms with Crippen LogP contribution in [-0.2, 0) is 6.42 Å². The van der Waals surface area contributed by atoms with E-state index in [2.05, 4.69) is 10.4 Å². The Hall–Kier alpha value is -3.48. The van der Waals surface area contributed by atoms with E-state index >= 15 is 0 Å². The van der Waals surface area contributed by atoms with Crippen LogP contribution >= 0.6 is 22.9 Å². The highest BCUT2D eigenvalue weighted by Gasteiger charge is 2.15. The van der Waals surface area contributed by atoms with E-state index in [9.17, 15) is 4.39 Å². The van der Waals surface area contributed by atoms with Crippen LogP contribution in [0.4, 0.5) is 9.39 Å². The molecule has 0 aliphatic heterocycles. The number of benzene rings is 3. The normalized spacial score (nSPS) is 11.0. The maximum absolute atomic E-state index is 13.4. The van der Waals surface area contributed by atoms with Crippen LogP contribution in [-0.4, -0.2) is 21.3 Å². The van der Waals surface area contributed by atoms with Crippen molar-refractivity contribution < 1.29 is 4.39 Å². The Balaban J connectivity index is 1.42. The van der Waals surface area contributed by atoms with Gasteiger partial charge < -0.3 is 5.32 Å². The summed E-state index contributed by atoms with van der Waals surface area (Å²) in [5.41, 5.74) is 4.96. The highest BCUT2D eigenvalue weighted by molar-refractivity contribution is 7.19. The van der Waals surface area contributed by atoms with Crippen LogP contribution in [0.1, 0.15) is 5.56 Å². The van der Waals surface area contributed by atoms with Crippen molar-refractivity contribution in [3.8, 4) is 27.5 Å². The van der Waals surface area contributed by atoms with E-state index in [1.54, 1.807) is 29.7 Å². The van der Waals surface area contributed by atoms with Gasteiger partial charge in [0, 0.05) is 35.1 Å². The molecule has 0 saturated heterocycles. The van der Waals surface area contributed by atoms with Crippen LogP contribution < -0.4 is 5.32 Å². The second-order valence-corrected chi connectivity index (χ2v) is 8.94. The zero-order valence-electron chi connectivity index (χ0n) is 17.6. The Labute approximate surface area is 200 Å². The largest absolute Gasteiger partial charge is 0.375 e. The van der Waals surface area contributed by atoms with Crippen LogP contribution in [0.5, 0.6) is 0 Å². The number of anilines is 1. The molecule has 5 rings (SSSR count). The Morgan fingerprint density at radius 1 is 0.909 bits per heavy atom. The zero-order valence-corrected chi connectivity index (χ0v) is 19.2. The van der Waals surface area contributed by atoms with Crippen LogP contribution in [0.15, 0.2) is 91.3 Å². The molecule has 0 amide bonds. The third-order valence-electron chi connectivity index (χ3n) is 5.24. The van der Waals surface area contributed by atoms with Crippen molar-refractivity contribution in [2.24, 2.45) is 0 Å². The molecule has 0 radical (unpaired) electrons. The summed E-state index contributed by atoms with van der Waals surface area (Å²) in [6.45, 7) is 0.755. The maximum atomic E-state index is 13.4. The Bertz CT molecular complexity index is 1330. The average molecular weight is 475 g/mol. The number of thiazole rings is 1. The molecule has 0 fully saturated rings. The van der Waals surface area contributed by atoms with Gasteiger partial charge in [0.2, 0.25) is 0 Å².